The number of hydrogen-bond acceptors (Lipinski definition) is 3. The molecule has 0 spiro atoms. The molecule has 5 heteroatoms. The van der Waals surface area contributed by atoms with Gasteiger partial charge in [-0.25, -0.2) is 0 Å². The number of halogens is 1. The maximum Gasteiger partial charge on any atom is 0.225 e. The van der Waals surface area contributed by atoms with Crippen LogP contribution in [0.2, 0.25) is 5.02 Å². The molecule has 1 aliphatic rings. The standard InChI is InChI=1S/C17H25ClN2O2/c1-12-8-14(15(22-2)9-13(12)18)20-16(21)10-17(11-19)6-4-3-5-7-17/h8-9H,3-7,10-11,19H2,1-2H3,(H,20,21). The Kier molecular flexibility index (Phi) is 5.70. The molecule has 1 fully saturated rings. The van der Waals surface area contributed by atoms with E-state index in [0.29, 0.717) is 29.4 Å². The van der Waals surface area contributed by atoms with Gasteiger partial charge >= 0.3 is 0 Å². The van der Waals surface area contributed by atoms with E-state index in [2.05, 4.69) is 5.32 Å². The zero-order valence-corrected chi connectivity index (χ0v) is 14.1. The highest BCUT2D eigenvalue weighted by atomic mass is 35.5. The van der Waals surface area contributed by atoms with Crippen LogP contribution in [0.3, 0.4) is 0 Å². The van der Waals surface area contributed by atoms with Crippen molar-refractivity contribution in [2.24, 2.45) is 11.1 Å². The van der Waals surface area contributed by atoms with Crippen molar-refractivity contribution in [2.45, 2.75) is 45.4 Å². The van der Waals surface area contributed by atoms with E-state index in [1.165, 1.54) is 6.42 Å². The minimum atomic E-state index is -0.0446. The minimum Gasteiger partial charge on any atom is -0.495 e. The van der Waals surface area contributed by atoms with Crippen LogP contribution in [-0.4, -0.2) is 19.6 Å². The molecule has 0 unspecified atom stereocenters. The molecule has 0 saturated heterocycles. The first-order chi connectivity index (χ1) is 10.5. The van der Waals surface area contributed by atoms with Gasteiger partial charge < -0.3 is 15.8 Å². The van der Waals surface area contributed by atoms with Crippen LogP contribution >= 0.6 is 11.6 Å². The Bertz CT molecular complexity index is 540. The lowest BCUT2D eigenvalue weighted by Gasteiger charge is -2.35. The molecule has 2 rings (SSSR count). The van der Waals surface area contributed by atoms with Crippen molar-refractivity contribution in [3.05, 3.63) is 22.7 Å². The summed E-state index contributed by atoms with van der Waals surface area (Å²) in [6.45, 7) is 2.47. The molecule has 1 aromatic carbocycles. The van der Waals surface area contributed by atoms with Gasteiger partial charge in [-0.2, -0.15) is 0 Å². The molecule has 0 atom stereocenters. The maximum absolute atomic E-state index is 12.5. The van der Waals surface area contributed by atoms with E-state index in [1.54, 1.807) is 13.2 Å². The Morgan fingerprint density at radius 1 is 1.36 bits per heavy atom. The van der Waals surface area contributed by atoms with Gasteiger partial charge in [0.2, 0.25) is 5.91 Å². The molecule has 1 amide bonds. The Balaban J connectivity index is 2.10. The third-order valence-corrected chi connectivity index (χ3v) is 5.04. The summed E-state index contributed by atoms with van der Waals surface area (Å²) in [7, 11) is 1.57. The summed E-state index contributed by atoms with van der Waals surface area (Å²) in [6, 6.07) is 3.57. The van der Waals surface area contributed by atoms with E-state index in [1.807, 2.05) is 13.0 Å². The van der Waals surface area contributed by atoms with Crippen molar-refractivity contribution in [1.82, 2.24) is 0 Å². The zero-order valence-electron chi connectivity index (χ0n) is 13.4. The van der Waals surface area contributed by atoms with Gasteiger partial charge in [0.15, 0.2) is 0 Å². The Labute approximate surface area is 137 Å². The Hall–Kier alpha value is -1.26. The van der Waals surface area contributed by atoms with Crippen LogP contribution in [-0.2, 0) is 4.79 Å². The molecule has 1 saturated carbocycles. The van der Waals surface area contributed by atoms with Crippen LogP contribution in [0, 0.1) is 12.3 Å². The van der Waals surface area contributed by atoms with Crippen molar-refractivity contribution in [2.75, 3.05) is 19.0 Å². The number of nitrogens with one attached hydrogen (secondary N) is 1. The van der Waals surface area contributed by atoms with Crippen LogP contribution in [0.15, 0.2) is 12.1 Å². The highest BCUT2D eigenvalue weighted by Crippen LogP contribution is 2.39. The van der Waals surface area contributed by atoms with Crippen molar-refractivity contribution in [1.29, 1.82) is 0 Å². The highest BCUT2D eigenvalue weighted by Gasteiger charge is 2.33. The van der Waals surface area contributed by atoms with E-state index in [-0.39, 0.29) is 11.3 Å². The lowest BCUT2D eigenvalue weighted by molar-refractivity contribution is -0.118. The van der Waals surface area contributed by atoms with Crippen LogP contribution in [0.5, 0.6) is 5.75 Å². The molecule has 1 aromatic rings. The molecule has 1 aliphatic carbocycles. The molecule has 0 radical (unpaired) electrons. The van der Waals surface area contributed by atoms with Crippen LogP contribution in [0.4, 0.5) is 5.69 Å². The second kappa shape index (κ2) is 7.34. The first-order valence-corrected chi connectivity index (χ1v) is 8.21. The number of methoxy groups -OCH3 is 1. The summed E-state index contributed by atoms with van der Waals surface area (Å²) in [5, 5.41) is 3.58. The fourth-order valence-electron chi connectivity index (χ4n) is 3.22. The second-order valence-corrected chi connectivity index (χ2v) is 6.70. The smallest absolute Gasteiger partial charge is 0.225 e. The average molecular weight is 325 g/mol. The molecule has 0 bridgehead atoms. The lowest BCUT2D eigenvalue weighted by atomic mass is 9.71. The molecule has 4 nitrogen and oxygen atoms in total. The predicted octanol–water partition coefficient (Wildman–Crippen LogP) is 3.89. The SMILES string of the molecule is COc1cc(Cl)c(C)cc1NC(=O)CC1(CN)CCCCC1. The molecule has 0 heterocycles. The number of benzene rings is 1. The molecule has 122 valence electrons. The predicted molar refractivity (Wildman–Crippen MR) is 90.6 cm³/mol. The van der Waals surface area contributed by atoms with Crippen molar-refractivity contribution in [3.63, 3.8) is 0 Å². The minimum absolute atomic E-state index is 0.00706. The fourth-order valence-corrected chi connectivity index (χ4v) is 3.37. The number of rotatable bonds is 5. The Morgan fingerprint density at radius 3 is 2.64 bits per heavy atom. The maximum atomic E-state index is 12.5. The number of nitrogens with two attached hydrogens (primary N) is 1. The van der Waals surface area contributed by atoms with Gasteiger partial charge in [-0.1, -0.05) is 30.9 Å². The van der Waals surface area contributed by atoms with Gasteiger partial charge in [-0.05, 0) is 43.4 Å². The summed E-state index contributed by atoms with van der Waals surface area (Å²) in [4.78, 5) is 12.5. The summed E-state index contributed by atoms with van der Waals surface area (Å²) < 4.78 is 5.30. The van der Waals surface area contributed by atoms with Crippen molar-refractivity contribution < 1.29 is 9.53 Å². The second-order valence-electron chi connectivity index (χ2n) is 6.29. The largest absolute Gasteiger partial charge is 0.495 e. The average Bonchev–Trinajstić information content (AvgIpc) is 2.51. The number of ether oxygens (including phenoxy) is 1. The van der Waals surface area contributed by atoms with E-state index < -0.39 is 0 Å². The number of hydrogen-bond donors (Lipinski definition) is 2. The third kappa shape index (κ3) is 3.93. The highest BCUT2D eigenvalue weighted by molar-refractivity contribution is 6.31. The van der Waals surface area contributed by atoms with Gasteiger partial charge in [-0.3, -0.25) is 4.79 Å². The summed E-state index contributed by atoms with van der Waals surface area (Å²) in [6.07, 6.45) is 6.10. The summed E-state index contributed by atoms with van der Waals surface area (Å²) in [5.74, 6) is 0.571. The van der Waals surface area contributed by atoms with Crippen molar-refractivity contribution in [3.8, 4) is 5.75 Å². The summed E-state index contributed by atoms with van der Waals surface area (Å²) >= 11 is 6.09. The molecular weight excluding hydrogens is 300 g/mol. The third-order valence-electron chi connectivity index (χ3n) is 4.64. The number of aryl methyl sites for hydroxylation is 1. The number of carbonyl (C=O) groups is 1. The first-order valence-electron chi connectivity index (χ1n) is 7.84. The zero-order chi connectivity index (χ0) is 16.2. The molecular formula is C17H25ClN2O2. The van der Waals surface area contributed by atoms with E-state index in [0.717, 1.165) is 31.2 Å². The topological polar surface area (TPSA) is 64.3 Å². The van der Waals surface area contributed by atoms with Crippen LogP contribution < -0.4 is 15.8 Å². The van der Waals surface area contributed by atoms with Crippen LogP contribution in [0.25, 0.3) is 0 Å². The molecule has 0 aromatic heterocycles. The van der Waals surface area contributed by atoms with Gasteiger partial charge in [0.05, 0.1) is 12.8 Å². The van der Waals surface area contributed by atoms with Gasteiger partial charge in [-0.15, -0.1) is 0 Å². The number of carbonyl (C=O) groups excluding carboxylic acids is 1. The van der Waals surface area contributed by atoms with Crippen LogP contribution in [0.1, 0.15) is 44.1 Å². The van der Waals surface area contributed by atoms with Crippen molar-refractivity contribution >= 4 is 23.2 Å². The first kappa shape index (κ1) is 17.1. The van der Waals surface area contributed by atoms with E-state index in [9.17, 15) is 4.79 Å². The summed E-state index contributed by atoms with van der Waals surface area (Å²) in [5.41, 5.74) is 7.48. The van der Waals surface area contributed by atoms with Gasteiger partial charge in [0.25, 0.3) is 0 Å². The Morgan fingerprint density at radius 2 is 2.05 bits per heavy atom. The number of amides is 1. The van der Waals surface area contributed by atoms with E-state index in [4.69, 9.17) is 22.1 Å². The van der Waals surface area contributed by atoms with Gasteiger partial charge in [0, 0.05) is 17.5 Å². The fraction of sp³-hybridized carbons (Fsp3) is 0.588. The molecule has 3 N–H and O–H groups in total. The monoisotopic (exact) mass is 324 g/mol. The normalized spacial score (nSPS) is 17.1. The molecule has 22 heavy (non-hydrogen) atoms. The molecule has 0 aliphatic heterocycles. The van der Waals surface area contributed by atoms with E-state index >= 15 is 0 Å². The lowest BCUT2D eigenvalue weighted by Crippen LogP contribution is -2.36. The quantitative estimate of drug-likeness (QED) is 0.863. The number of anilines is 1. The van der Waals surface area contributed by atoms with Gasteiger partial charge in [0.1, 0.15) is 5.75 Å².